The van der Waals surface area contributed by atoms with E-state index in [4.69, 9.17) is 5.11 Å². The normalized spacial score (nSPS) is 14.8. The zero-order valence-electron chi connectivity index (χ0n) is 10.1. The summed E-state index contributed by atoms with van der Waals surface area (Å²) in [4.78, 5) is 16.1. The van der Waals surface area contributed by atoms with Gasteiger partial charge in [0.25, 0.3) is 0 Å². The number of hydrogen-bond acceptors (Lipinski definition) is 4. The SMILES string of the molecule is Cc1nc(C)c(C(C)NC(C)CC(=O)O)s1. The highest BCUT2D eigenvalue weighted by Gasteiger charge is 2.16. The number of rotatable bonds is 5. The molecule has 0 spiro atoms. The Kier molecular flexibility index (Phi) is 4.44. The van der Waals surface area contributed by atoms with Crippen LogP contribution in [0.5, 0.6) is 0 Å². The van der Waals surface area contributed by atoms with Gasteiger partial charge in [0, 0.05) is 17.0 Å². The third kappa shape index (κ3) is 3.57. The van der Waals surface area contributed by atoms with Crippen molar-refractivity contribution >= 4 is 17.3 Å². The Labute approximate surface area is 99.7 Å². The van der Waals surface area contributed by atoms with Crippen molar-refractivity contribution < 1.29 is 9.90 Å². The summed E-state index contributed by atoms with van der Waals surface area (Å²) < 4.78 is 0. The van der Waals surface area contributed by atoms with Gasteiger partial charge in [0.05, 0.1) is 17.1 Å². The van der Waals surface area contributed by atoms with Crippen molar-refractivity contribution in [2.75, 3.05) is 0 Å². The number of aliphatic carboxylic acids is 1. The molecule has 0 aliphatic rings. The summed E-state index contributed by atoms with van der Waals surface area (Å²) in [5.74, 6) is -0.774. The van der Waals surface area contributed by atoms with Crippen molar-refractivity contribution in [3.05, 3.63) is 15.6 Å². The van der Waals surface area contributed by atoms with Gasteiger partial charge in [-0.3, -0.25) is 4.79 Å². The summed E-state index contributed by atoms with van der Waals surface area (Å²) in [5, 5.41) is 13.0. The number of aromatic nitrogens is 1. The first-order chi connectivity index (χ1) is 7.40. The Hall–Kier alpha value is -0.940. The van der Waals surface area contributed by atoms with Gasteiger partial charge in [-0.1, -0.05) is 0 Å². The number of carbonyl (C=O) groups is 1. The topological polar surface area (TPSA) is 62.2 Å². The molecule has 2 atom stereocenters. The van der Waals surface area contributed by atoms with Crippen LogP contribution in [-0.4, -0.2) is 22.1 Å². The van der Waals surface area contributed by atoms with Crippen molar-refractivity contribution in [1.29, 1.82) is 0 Å². The molecule has 0 aromatic carbocycles. The van der Waals surface area contributed by atoms with E-state index in [1.807, 2.05) is 27.7 Å². The lowest BCUT2D eigenvalue weighted by atomic mass is 10.2. The first kappa shape index (κ1) is 13.1. The summed E-state index contributed by atoms with van der Waals surface area (Å²) >= 11 is 1.66. The summed E-state index contributed by atoms with van der Waals surface area (Å²) in [5.41, 5.74) is 1.03. The van der Waals surface area contributed by atoms with Gasteiger partial charge >= 0.3 is 5.97 Å². The number of aryl methyl sites for hydroxylation is 2. The average molecular weight is 242 g/mol. The van der Waals surface area contributed by atoms with Crippen molar-refractivity contribution in [2.45, 2.75) is 46.2 Å². The van der Waals surface area contributed by atoms with Gasteiger partial charge in [0.2, 0.25) is 0 Å². The summed E-state index contributed by atoms with van der Waals surface area (Å²) in [6.45, 7) is 7.89. The zero-order valence-corrected chi connectivity index (χ0v) is 10.9. The molecule has 1 aromatic rings. The van der Waals surface area contributed by atoms with Crippen LogP contribution in [0, 0.1) is 13.8 Å². The number of hydrogen-bond donors (Lipinski definition) is 2. The molecule has 2 unspecified atom stereocenters. The standard InChI is InChI=1S/C11H18N2O2S/c1-6(5-10(14)15)12-7(2)11-8(3)13-9(4)16-11/h6-7,12H,5H2,1-4H3,(H,14,15). The number of nitrogens with one attached hydrogen (secondary N) is 1. The van der Waals surface area contributed by atoms with Gasteiger partial charge in [-0.05, 0) is 27.7 Å². The van der Waals surface area contributed by atoms with Gasteiger partial charge in [0.1, 0.15) is 0 Å². The van der Waals surface area contributed by atoms with Crippen molar-refractivity contribution in [3.63, 3.8) is 0 Å². The molecular formula is C11H18N2O2S. The molecular weight excluding hydrogens is 224 g/mol. The molecule has 1 rings (SSSR count). The van der Waals surface area contributed by atoms with Gasteiger partial charge in [-0.2, -0.15) is 0 Å². The van der Waals surface area contributed by atoms with E-state index in [0.717, 1.165) is 10.7 Å². The molecule has 0 bridgehead atoms. The van der Waals surface area contributed by atoms with E-state index in [1.165, 1.54) is 4.88 Å². The minimum atomic E-state index is -0.774. The van der Waals surface area contributed by atoms with Crippen molar-refractivity contribution in [3.8, 4) is 0 Å². The van der Waals surface area contributed by atoms with Gasteiger partial charge < -0.3 is 10.4 Å². The molecule has 1 aromatic heterocycles. The maximum atomic E-state index is 10.5. The molecule has 0 aliphatic heterocycles. The number of thiazole rings is 1. The fourth-order valence-corrected chi connectivity index (χ4v) is 2.71. The van der Waals surface area contributed by atoms with Crippen LogP contribution in [-0.2, 0) is 4.79 Å². The zero-order chi connectivity index (χ0) is 12.3. The van der Waals surface area contributed by atoms with Gasteiger partial charge in [-0.25, -0.2) is 4.98 Å². The van der Waals surface area contributed by atoms with Gasteiger partial charge in [-0.15, -0.1) is 11.3 Å². The first-order valence-corrected chi connectivity index (χ1v) is 6.13. The Morgan fingerprint density at radius 1 is 1.50 bits per heavy atom. The highest BCUT2D eigenvalue weighted by atomic mass is 32.1. The molecule has 0 amide bonds. The maximum Gasteiger partial charge on any atom is 0.304 e. The van der Waals surface area contributed by atoms with E-state index in [-0.39, 0.29) is 18.5 Å². The Bertz CT molecular complexity index is 376. The van der Waals surface area contributed by atoms with Crippen molar-refractivity contribution in [1.82, 2.24) is 10.3 Å². The van der Waals surface area contributed by atoms with Crippen LogP contribution in [0.1, 0.15) is 41.9 Å². The number of nitrogens with zero attached hydrogens (tertiary/aromatic N) is 1. The molecule has 16 heavy (non-hydrogen) atoms. The second-order valence-corrected chi connectivity index (χ2v) is 5.30. The van der Waals surface area contributed by atoms with E-state index in [2.05, 4.69) is 10.3 Å². The molecule has 2 N–H and O–H groups in total. The quantitative estimate of drug-likeness (QED) is 0.831. The molecule has 0 radical (unpaired) electrons. The summed E-state index contributed by atoms with van der Waals surface area (Å²) in [7, 11) is 0. The second-order valence-electron chi connectivity index (χ2n) is 4.07. The Morgan fingerprint density at radius 3 is 2.56 bits per heavy atom. The van der Waals surface area contributed by atoms with Crippen LogP contribution < -0.4 is 5.32 Å². The third-order valence-electron chi connectivity index (χ3n) is 2.35. The maximum absolute atomic E-state index is 10.5. The second kappa shape index (κ2) is 5.41. The molecule has 5 heteroatoms. The van der Waals surface area contributed by atoms with Crippen LogP contribution in [0.4, 0.5) is 0 Å². The summed E-state index contributed by atoms with van der Waals surface area (Å²) in [6.07, 6.45) is 0.140. The Balaban J connectivity index is 2.61. The Morgan fingerprint density at radius 2 is 2.12 bits per heavy atom. The molecule has 4 nitrogen and oxygen atoms in total. The first-order valence-electron chi connectivity index (χ1n) is 5.32. The lowest BCUT2D eigenvalue weighted by Crippen LogP contribution is -2.30. The third-order valence-corrected chi connectivity index (χ3v) is 3.60. The molecule has 0 saturated carbocycles. The monoisotopic (exact) mass is 242 g/mol. The average Bonchev–Trinajstić information content (AvgIpc) is 2.43. The molecule has 0 saturated heterocycles. The lowest BCUT2D eigenvalue weighted by molar-refractivity contribution is -0.137. The highest BCUT2D eigenvalue weighted by molar-refractivity contribution is 7.11. The van der Waals surface area contributed by atoms with Crippen LogP contribution in [0.15, 0.2) is 0 Å². The molecule has 0 aliphatic carbocycles. The van der Waals surface area contributed by atoms with E-state index in [9.17, 15) is 4.79 Å². The minimum Gasteiger partial charge on any atom is -0.481 e. The van der Waals surface area contributed by atoms with E-state index in [1.54, 1.807) is 11.3 Å². The highest BCUT2D eigenvalue weighted by Crippen LogP contribution is 2.24. The molecule has 1 heterocycles. The predicted octanol–water partition coefficient (Wildman–Crippen LogP) is 2.27. The van der Waals surface area contributed by atoms with Crippen LogP contribution in [0.3, 0.4) is 0 Å². The number of carboxylic acid groups (broad SMARTS) is 1. The van der Waals surface area contributed by atoms with Gasteiger partial charge in [0.15, 0.2) is 0 Å². The van der Waals surface area contributed by atoms with Crippen molar-refractivity contribution in [2.24, 2.45) is 0 Å². The number of carboxylic acids is 1. The summed E-state index contributed by atoms with van der Waals surface area (Å²) in [6, 6.07) is 0.120. The van der Waals surface area contributed by atoms with E-state index >= 15 is 0 Å². The smallest absolute Gasteiger partial charge is 0.304 e. The predicted molar refractivity (Wildman–Crippen MR) is 64.9 cm³/mol. The van der Waals surface area contributed by atoms with E-state index in [0.29, 0.717) is 0 Å². The fourth-order valence-electron chi connectivity index (χ4n) is 1.77. The largest absolute Gasteiger partial charge is 0.481 e. The fraction of sp³-hybridized carbons (Fsp3) is 0.636. The lowest BCUT2D eigenvalue weighted by Gasteiger charge is -2.17. The van der Waals surface area contributed by atoms with Crippen LogP contribution >= 0.6 is 11.3 Å². The minimum absolute atomic E-state index is 0.0330. The molecule has 0 fully saturated rings. The van der Waals surface area contributed by atoms with Crippen LogP contribution in [0.2, 0.25) is 0 Å². The molecule has 90 valence electrons. The van der Waals surface area contributed by atoms with E-state index < -0.39 is 5.97 Å². The van der Waals surface area contributed by atoms with Crippen LogP contribution in [0.25, 0.3) is 0 Å².